The van der Waals surface area contributed by atoms with Gasteiger partial charge in [-0.05, 0) is 60.9 Å². The number of piperidine rings is 1. The Balaban J connectivity index is 1.48. The van der Waals surface area contributed by atoms with Gasteiger partial charge in [-0.25, -0.2) is 4.39 Å². The molecule has 3 nitrogen and oxygen atoms in total. The molecule has 1 aliphatic rings. The van der Waals surface area contributed by atoms with E-state index < -0.39 is 0 Å². The molecule has 1 saturated heterocycles. The third kappa shape index (κ3) is 5.16. The van der Waals surface area contributed by atoms with E-state index in [1.54, 1.807) is 18.2 Å². The highest BCUT2D eigenvalue weighted by molar-refractivity contribution is 9.10. The van der Waals surface area contributed by atoms with Gasteiger partial charge in [-0.2, -0.15) is 0 Å². The summed E-state index contributed by atoms with van der Waals surface area (Å²) in [6, 6.07) is 14.5. The number of halogens is 2. The Morgan fingerprint density at radius 2 is 1.72 bits per heavy atom. The first-order chi connectivity index (χ1) is 12.1. The standard InChI is InChI=1S/C20H20BrFN2O/c21-16-4-1-15(2-5-16)3-10-20(25)24-13-11-19(12-14-24)23-18-8-6-17(22)7-9-18/h1-10,19,23H,11-14H2. The fourth-order valence-electron chi connectivity index (χ4n) is 2.87. The second-order valence-corrected chi connectivity index (χ2v) is 7.05. The summed E-state index contributed by atoms with van der Waals surface area (Å²) in [6.45, 7) is 1.45. The number of amides is 1. The summed E-state index contributed by atoms with van der Waals surface area (Å²) in [4.78, 5) is 14.2. The molecule has 1 fully saturated rings. The number of anilines is 1. The summed E-state index contributed by atoms with van der Waals surface area (Å²) in [5.74, 6) is -0.188. The van der Waals surface area contributed by atoms with Gasteiger partial charge in [0, 0.05) is 35.4 Å². The summed E-state index contributed by atoms with van der Waals surface area (Å²) in [7, 11) is 0. The highest BCUT2D eigenvalue weighted by Gasteiger charge is 2.21. The van der Waals surface area contributed by atoms with Crippen LogP contribution in [0, 0.1) is 5.82 Å². The number of nitrogens with one attached hydrogen (secondary N) is 1. The molecule has 2 aromatic carbocycles. The molecule has 0 bridgehead atoms. The van der Waals surface area contributed by atoms with Crippen molar-refractivity contribution in [2.45, 2.75) is 18.9 Å². The van der Waals surface area contributed by atoms with Crippen molar-refractivity contribution in [3.8, 4) is 0 Å². The molecule has 0 aromatic heterocycles. The van der Waals surface area contributed by atoms with E-state index in [0.717, 1.165) is 41.7 Å². The van der Waals surface area contributed by atoms with E-state index in [1.807, 2.05) is 35.2 Å². The zero-order valence-electron chi connectivity index (χ0n) is 13.8. The predicted octanol–water partition coefficient (Wildman–Crippen LogP) is 4.70. The molecule has 5 heteroatoms. The molecule has 0 radical (unpaired) electrons. The average Bonchev–Trinajstić information content (AvgIpc) is 2.63. The first-order valence-corrected chi connectivity index (χ1v) is 9.14. The van der Waals surface area contributed by atoms with Gasteiger partial charge in [0.1, 0.15) is 5.82 Å². The van der Waals surface area contributed by atoms with E-state index in [-0.39, 0.29) is 11.7 Å². The summed E-state index contributed by atoms with van der Waals surface area (Å²) in [5.41, 5.74) is 1.92. The van der Waals surface area contributed by atoms with Crippen molar-refractivity contribution < 1.29 is 9.18 Å². The third-order valence-corrected chi connectivity index (χ3v) is 4.84. The summed E-state index contributed by atoms with van der Waals surface area (Å²) in [6.07, 6.45) is 5.25. The van der Waals surface area contributed by atoms with Gasteiger partial charge in [0.25, 0.3) is 0 Å². The third-order valence-electron chi connectivity index (χ3n) is 4.31. The molecule has 25 heavy (non-hydrogen) atoms. The Bertz CT molecular complexity index is 735. The highest BCUT2D eigenvalue weighted by atomic mass is 79.9. The van der Waals surface area contributed by atoms with Crippen LogP contribution in [0.25, 0.3) is 6.08 Å². The molecule has 0 spiro atoms. The lowest BCUT2D eigenvalue weighted by molar-refractivity contribution is -0.126. The molecule has 1 N–H and O–H groups in total. The lowest BCUT2D eigenvalue weighted by Crippen LogP contribution is -2.41. The molecule has 130 valence electrons. The Morgan fingerprint density at radius 1 is 1.08 bits per heavy atom. The van der Waals surface area contributed by atoms with Crippen LogP contribution in [-0.2, 0) is 4.79 Å². The van der Waals surface area contributed by atoms with Crippen LogP contribution < -0.4 is 5.32 Å². The van der Waals surface area contributed by atoms with Crippen molar-refractivity contribution in [3.63, 3.8) is 0 Å². The smallest absolute Gasteiger partial charge is 0.246 e. The molecule has 2 aromatic rings. The van der Waals surface area contributed by atoms with Gasteiger partial charge in [-0.15, -0.1) is 0 Å². The van der Waals surface area contributed by atoms with Crippen molar-refractivity contribution in [2.24, 2.45) is 0 Å². The molecule has 0 atom stereocenters. The van der Waals surface area contributed by atoms with Gasteiger partial charge in [-0.1, -0.05) is 28.1 Å². The number of hydrogen-bond acceptors (Lipinski definition) is 2. The lowest BCUT2D eigenvalue weighted by atomic mass is 10.0. The van der Waals surface area contributed by atoms with Gasteiger partial charge >= 0.3 is 0 Å². The molecule has 0 unspecified atom stereocenters. The van der Waals surface area contributed by atoms with Crippen molar-refractivity contribution in [2.75, 3.05) is 18.4 Å². The minimum absolute atomic E-state index is 0.0446. The Labute approximate surface area is 155 Å². The van der Waals surface area contributed by atoms with E-state index >= 15 is 0 Å². The predicted molar refractivity (Wildman–Crippen MR) is 103 cm³/mol. The van der Waals surface area contributed by atoms with Crippen LogP contribution in [0.1, 0.15) is 18.4 Å². The number of carbonyl (C=O) groups is 1. The van der Waals surface area contributed by atoms with Crippen molar-refractivity contribution >= 4 is 33.6 Å². The van der Waals surface area contributed by atoms with Crippen molar-refractivity contribution in [1.29, 1.82) is 0 Å². The van der Waals surface area contributed by atoms with Crippen LogP contribution in [0.5, 0.6) is 0 Å². The van der Waals surface area contributed by atoms with Crippen LogP contribution >= 0.6 is 15.9 Å². The number of rotatable bonds is 4. The minimum Gasteiger partial charge on any atom is -0.382 e. The van der Waals surface area contributed by atoms with Crippen molar-refractivity contribution in [1.82, 2.24) is 4.90 Å². The normalized spacial score (nSPS) is 15.5. The second-order valence-electron chi connectivity index (χ2n) is 6.14. The van der Waals surface area contributed by atoms with E-state index in [2.05, 4.69) is 21.2 Å². The number of carbonyl (C=O) groups excluding carboxylic acids is 1. The Hall–Kier alpha value is -2.14. The van der Waals surface area contributed by atoms with Crippen LogP contribution in [0.15, 0.2) is 59.1 Å². The average molecular weight is 403 g/mol. The summed E-state index contributed by atoms with van der Waals surface area (Å²) >= 11 is 3.40. The highest BCUT2D eigenvalue weighted by Crippen LogP contribution is 2.18. The molecular weight excluding hydrogens is 383 g/mol. The molecule has 1 amide bonds. The Morgan fingerprint density at radius 3 is 2.36 bits per heavy atom. The molecule has 1 heterocycles. The van der Waals surface area contributed by atoms with Crippen LogP contribution in [0.3, 0.4) is 0 Å². The van der Waals surface area contributed by atoms with Crippen LogP contribution in [-0.4, -0.2) is 29.9 Å². The molecule has 1 aliphatic heterocycles. The van der Waals surface area contributed by atoms with Gasteiger partial charge in [0.05, 0.1) is 0 Å². The van der Waals surface area contributed by atoms with E-state index in [1.165, 1.54) is 12.1 Å². The number of hydrogen-bond donors (Lipinski definition) is 1. The quantitative estimate of drug-likeness (QED) is 0.751. The fourth-order valence-corrected chi connectivity index (χ4v) is 3.14. The maximum Gasteiger partial charge on any atom is 0.246 e. The van der Waals surface area contributed by atoms with Gasteiger partial charge in [0.15, 0.2) is 0 Å². The maximum absolute atomic E-state index is 12.9. The molecule has 3 rings (SSSR count). The Kier molecular flexibility index (Phi) is 5.87. The summed E-state index contributed by atoms with van der Waals surface area (Å²) < 4.78 is 14.0. The van der Waals surface area contributed by atoms with E-state index in [4.69, 9.17) is 0 Å². The number of nitrogens with zero attached hydrogens (tertiary/aromatic N) is 1. The van der Waals surface area contributed by atoms with Gasteiger partial charge in [-0.3, -0.25) is 4.79 Å². The lowest BCUT2D eigenvalue weighted by Gasteiger charge is -2.32. The molecular formula is C20H20BrFN2O. The van der Waals surface area contributed by atoms with Crippen LogP contribution in [0.2, 0.25) is 0 Å². The topological polar surface area (TPSA) is 32.3 Å². The van der Waals surface area contributed by atoms with Gasteiger partial charge in [0.2, 0.25) is 5.91 Å². The number of benzene rings is 2. The second kappa shape index (κ2) is 8.30. The first kappa shape index (κ1) is 17.7. The zero-order valence-corrected chi connectivity index (χ0v) is 15.4. The van der Waals surface area contributed by atoms with E-state index in [0.29, 0.717) is 6.04 Å². The van der Waals surface area contributed by atoms with Gasteiger partial charge < -0.3 is 10.2 Å². The van der Waals surface area contributed by atoms with Crippen LogP contribution in [0.4, 0.5) is 10.1 Å². The fraction of sp³-hybridized carbons (Fsp3) is 0.250. The minimum atomic E-state index is -0.233. The number of likely N-dealkylation sites (tertiary alicyclic amines) is 1. The van der Waals surface area contributed by atoms with E-state index in [9.17, 15) is 9.18 Å². The molecule has 0 aliphatic carbocycles. The van der Waals surface area contributed by atoms with Crippen molar-refractivity contribution in [3.05, 3.63) is 70.5 Å². The maximum atomic E-state index is 12.9. The molecule has 0 saturated carbocycles. The monoisotopic (exact) mass is 402 g/mol. The first-order valence-electron chi connectivity index (χ1n) is 8.35. The largest absolute Gasteiger partial charge is 0.382 e. The SMILES string of the molecule is O=C(C=Cc1ccc(Br)cc1)N1CCC(Nc2ccc(F)cc2)CC1. The zero-order chi connectivity index (χ0) is 17.6. The summed E-state index contributed by atoms with van der Waals surface area (Å²) in [5, 5.41) is 3.40.